The highest BCUT2D eigenvalue weighted by atomic mass is 16.6. The van der Waals surface area contributed by atoms with E-state index in [9.17, 15) is 9.59 Å². The van der Waals surface area contributed by atoms with Crippen molar-refractivity contribution in [2.45, 2.75) is 65.5 Å². The van der Waals surface area contributed by atoms with Gasteiger partial charge in [0.05, 0.1) is 6.04 Å². The first-order valence-electron chi connectivity index (χ1n) is 7.22. The van der Waals surface area contributed by atoms with E-state index >= 15 is 0 Å². The molecule has 3 amide bonds. The van der Waals surface area contributed by atoms with E-state index in [-0.39, 0.29) is 24.7 Å². The van der Waals surface area contributed by atoms with Crippen LogP contribution in [0, 0.1) is 5.92 Å². The fourth-order valence-corrected chi connectivity index (χ4v) is 2.21. The molecule has 0 spiro atoms. The average Bonchev–Trinajstić information content (AvgIpc) is 2.66. The number of hydrogen-bond acceptors (Lipinski definition) is 3. The van der Waals surface area contributed by atoms with Crippen LogP contribution in [-0.4, -0.2) is 35.7 Å². The Balaban J connectivity index is 2.52. The van der Waals surface area contributed by atoms with Crippen molar-refractivity contribution in [1.29, 1.82) is 0 Å². The summed E-state index contributed by atoms with van der Waals surface area (Å²) >= 11 is 0. The lowest BCUT2D eigenvalue weighted by Crippen LogP contribution is -2.48. The number of nitrogens with zero attached hydrogens (tertiary/aromatic N) is 1. The largest absolute Gasteiger partial charge is 0.447 e. The Bertz CT molecular complexity index is 318. The van der Waals surface area contributed by atoms with Crippen molar-refractivity contribution in [3.8, 4) is 0 Å². The number of urea groups is 1. The normalized spacial score (nSPS) is 20.6. The second-order valence-electron chi connectivity index (χ2n) is 5.70. The summed E-state index contributed by atoms with van der Waals surface area (Å²) in [4.78, 5) is 24.8. The first kappa shape index (κ1) is 15.8. The van der Waals surface area contributed by atoms with Crippen molar-refractivity contribution in [3.05, 3.63) is 0 Å². The monoisotopic (exact) mass is 270 g/mol. The molecule has 0 radical (unpaired) electrons. The zero-order chi connectivity index (χ0) is 14.4. The molecule has 5 heteroatoms. The molecule has 1 unspecified atom stereocenters. The van der Waals surface area contributed by atoms with Gasteiger partial charge in [0.2, 0.25) is 0 Å². The van der Waals surface area contributed by atoms with Gasteiger partial charge in [-0.25, -0.2) is 14.5 Å². The minimum atomic E-state index is -0.538. The Morgan fingerprint density at radius 2 is 2.11 bits per heavy atom. The number of carbonyl (C=O) groups excluding carboxylic acids is 2. The third kappa shape index (κ3) is 4.73. The molecule has 1 heterocycles. The maximum absolute atomic E-state index is 12.1. The number of carbonyl (C=O) groups is 2. The van der Waals surface area contributed by atoms with Gasteiger partial charge in [0.15, 0.2) is 0 Å². The lowest BCUT2D eigenvalue weighted by atomic mass is 10.0. The molecule has 1 rings (SSSR count). The molecule has 0 aliphatic carbocycles. The van der Waals surface area contributed by atoms with Crippen LogP contribution in [0.5, 0.6) is 0 Å². The third-order valence-electron chi connectivity index (χ3n) is 3.36. The van der Waals surface area contributed by atoms with Crippen molar-refractivity contribution in [2.24, 2.45) is 5.92 Å². The van der Waals surface area contributed by atoms with Crippen molar-refractivity contribution >= 4 is 12.1 Å². The molecule has 0 bridgehead atoms. The standard InChI is InChI=1S/C14H26N2O3/c1-5-6-12(8-7-10(2)3)15-13(17)16-11(4)9-19-14(16)18/h10-12H,5-9H2,1-4H3,(H,15,17)/t11-,12?/m0/s1. The predicted molar refractivity (Wildman–Crippen MR) is 73.9 cm³/mol. The van der Waals surface area contributed by atoms with E-state index in [0.717, 1.165) is 25.7 Å². The molecule has 110 valence electrons. The summed E-state index contributed by atoms with van der Waals surface area (Å²) in [6.07, 6.45) is 3.45. The van der Waals surface area contributed by atoms with Gasteiger partial charge in [-0.3, -0.25) is 0 Å². The summed E-state index contributed by atoms with van der Waals surface area (Å²) in [5.74, 6) is 0.618. The number of imide groups is 1. The fraction of sp³-hybridized carbons (Fsp3) is 0.857. The average molecular weight is 270 g/mol. The van der Waals surface area contributed by atoms with Crippen molar-refractivity contribution in [2.75, 3.05) is 6.61 Å². The van der Waals surface area contributed by atoms with Gasteiger partial charge in [-0.1, -0.05) is 27.2 Å². The zero-order valence-electron chi connectivity index (χ0n) is 12.4. The Morgan fingerprint density at radius 1 is 1.42 bits per heavy atom. The van der Waals surface area contributed by atoms with Gasteiger partial charge in [-0.15, -0.1) is 0 Å². The highest BCUT2D eigenvalue weighted by molar-refractivity contribution is 5.92. The maximum Gasteiger partial charge on any atom is 0.418 e. The number of rotatable bonds is 6. The van der Waals surface area contributed by atoms with Gasteiger partial charge in [0.25, 0.3) is 0 Å². The Morgan fingerprint density at radius 3 is 2.58 bits per heavy atom. The number of amides is 3. The van der Waals surface area contributed by atoms with Gasteiger partial charge in [0.1, 0.15) is 6.61 Å². The molecular formula is C14H26N2O3. The molecule has 0 saturated carbocycles. The van der Waals surface area contributed by atoms with E-state index in [1.807, 2.05) is 6.92 Å². The minimum absolute atomic E-state index is 0.139. The van der Waals surface area contributed by atoms with Gasteiger partial charge in [-0.2, -0.15) is 0 Å². The van der Waals surface area contributed by atoms with Crippen molar-refractivity contribution < 1.29 is 14.3 Å². The van der Waals surface area contributed by atoms with Gasteiger partial charge >= 0.3 is 12.1 Å². The highest BCUT2D eigenvalue weighted by Gasteiger charge is 2.35. The molecule has 1 aliphatic heterocycles. The molecule has 0 aromatic rings. The number of hydrogen-bond donors (Lipinski definition) is 1. The van der Waals surface area contributed by atoms with Crippen LogP contribution in [-0.2, 0) is 4.74 Å². The van der Waals surface area contributed by atoms with Gasteiger partial charge in [-0.05, 0) is 32.1 Å². The Kier molecular flexibility index (Phi) is 6.12. The molecular weight excluding hydrogens is 244 g/mol. The Labute approximate surface area is 115 Å². The van der Waals surface area contributed by atoms with Crippen LogP contribution in [0.1, 0.15) is 53.4 Å². The molecule has 1 saturated heterocycles. The van der Waals surface area contributed by atoms with E-state index < -0.39 is 6.09 Å². The topological polar surface area (TPSA) is 58.6 Å². The van der Waals surface area contributed by atoms with Crippen LogP contribution < -0.4 is 5.32 Å². The lowest BCUT2D eigenvalue weighted by molar-refractivity contribution is 0.156. The molecule has 1 aliphatic rings. The SMILES string of the molecule is CCCC(CCC(C)C)NC(=O)N1C(=O)OC[C@@H]1C. The second-order valence-corrected chi connectivity index (χ2v) is 5.70. The van der Waals surface area contributed by atoms with Crippen LogP contribution >= 0.6 is 0 Å². The summed E-state index contributed by atoms with van der Waals surface area (Å²) < 4.78 is 4.86. The van der Waals surface area contributed by atoms with Crippen molar-refractivity contribution in [1.82, 2.24) is 10.2 Å². The molecule has 1 fully saturated rings. The second kappa shape index (κ2) is 7.36. The Hall–Kier alpha value is -1.26. The minimum Gasteiger partial charge on any atom is -0.447 e. The quantitative estimate of drug-likeness (QED) is 0.806. The van der Waals surface area contributed by atoms with Crippen LogP contribution in [0.2, 0.25) is 0 Å². The first-order valence-corrected chi connectivity index (χ1v) is 7.22. The number of cyclic esters (lactones) is 1. The third-order valence-corrected chi connectivity index (χ3v) is 3.36. The van der Waals surface area contributed by atoms with Crippen LogP contribution in [0.15, 0.2) is 0 Å². The van der Waals surface area contributed by atoms with E-state index in [1.54, 1.807) is 0 Å². The maximum atomic E-state index is 12.1. The molecule has 0 aromatic carbocycles. The summed E-state index contributed by atoms with van der Waals surface area (Å²) in [5, 5.41) is 2.96. The summed E-state index contributed by atoms with van der Waals surface area (Å²) in [6.45, 7) is 8.54. The number of nitrogens with one attached hydrogen (secondary N) is 1. The van der Waals surface area contributed by atoms with Crippen molar-refractivity contribution in [3.63, 3.8) is 0 Å². The fourth-order valence-electron chi connectivity index (χ4n) is 2.21. The number of ether oxygens (including phenoxy) is 1. The van der Waals surface area contributed by atoms with E-state index in [0.29, 0.717) is 5.92 Å². The van der Waals surface area contributed by atoms with Gasteiger partial charge in [0, 0.05) is 6.04 Å². The predicted octanol–water partition coefficient (Wildman–Crippen LogP) is 3.14. The van der Waals surface area contributed by atoms with E-state index in [4.69, 9.17) is 4.74 Å². The highest BCUT2D eigenvalue weighted by Crippen LogP contribution is 2.15. The zero-order valence-corrected chi connectivity index (χ0v) is 12.4. The van der Waals surface area contributed by atoms with E-state index in [1.165, 1.54) is 4.90 Å². The smallest absolute Gasteiger partial charge is 0.418 e. The molecule has 5 nitrogen and oxygen atoms in total. The van der Waals surface area contributed by atoms with Crippen LogP contribution in [0.25, 0.3) is 0 Å². The lowest BCUT2D eigenvalue weighted by Gasteiger charge is -2.23. The van der Waals surface area contributed by atoms with E-state index in [2.05, 4.69) is 26.1 Å². The van der Waals surface area contributed by atoms with Crippen LogP contribution in [0.4, 0.5) is 9.59 Å². The molecule has 1 N–H and O–H groups in total. The van der Waals surface area contributed by atoms with Gasteiger partial charge < -0.3 is 10.1 Å². The summed E-state index contributed by atoms with van der Waals surface area (Å²) in [7, 11) is 0. The molecule has 2 atom stereocenters. The summed E-state index contributed by atoms with van der Waals surface area (Å²) in [5.41, 5.74) is 0. The first-order chi connectivity index (χ1) is 8.95. The van der Waals surface area contributed by atoms with Crippen LogP contribution in [0.3, 0.4) is 0 Å². The molecule has 0 aromatic heterocycles. The molecule has 19 heavy (non-hydrogen) atoms. The summed E-state index contributed by atoms with van der Waals surface area (Å²) in [6, 6.07) is -0.363.